The van der Waals surface area contributed by atoms with Crippen molar-refractivity contribution in [3.8, 4) is 11.5 Å². The van der Waals surface area contributed by atoms with Crippen LogP contribution in [0.15, 0.2) is 73.1 Å². The van der Waals surface area contributed by atoms with Crippen LogP contribution in [-0.2, 0) is 22.0 Å². The molecule has 0 saturated carbocycles. The van der Waals surface area contributed by atoms with Crippen molar-refractivity contribution in [1.82, 2.24) is 4.98 Å². The lowest BCUT2D eigenvalue weighted by atomic mass is 9.87. The first-order valence-corrected chi connectivity index (χ1v) is 11.6. The molecule has 1 aromatic heterocycles. The van der Waals surface area contributed by atoms with Gasteiger partial charge >= 0.3 is 0 Å². The third-order valence-electron chi connectivity index (χ3n) is 4.83. The van der Waals surface area contributed by atoms with Crippen LogP contribution in [0, 0.1) is 0 Å². The Balaban J connectivity index is 1.79. The molecule has 2 aromatic carbocycles. The second-order valence-electron chi connectivity index (χ2n) is 8.14. The second-order valence-corrected chi connectivity index (χ2v) is 10.3. The number of pyridine rings is 1. The fraction of sp³-hybridized carbons (Fsp3) is 0.292. The predicted molar refractivity (Wildman–Crippen MR) is 122 cm³/mol. The van der Waals surface area contributed by atoms with Crippen LogP contribution >= 0.6 is 0 Å². The minimum absolute atomic E-state index is 0.0195. The molecule has 0 aliphatic carbocycles. The van der Waals surface area contributed by atoms with E-state index in [1.54, 1.807) is 49.6 Å². The van der Waals surface area contributed by atoms with Gasteiger partial charge in [-0.1, -0.05) is 39.0 Å². The number of hydrogen-bond acceptors (Lipinski definition) is 4. The SMILES string of the molecule is CCS(=O)(=O)N(Cc1cccnc1)c1ccc(Oc2ccc(C(C)(C)C)cc2)cc1. The molecule has 6 heteroatoms. The van der Waals surface area contributed by atoms with Gasteiger partial charge < -0.3 is 4.74 Å². The number of anilines is 1. The van der Waals surface area contributed by atoms with E-state index in [1.807, 2.05) is 18.2 Å². The van der Waals surface area contributed by atoms with Crippen molar-refractivity contribution < 1.29 is 13.2 Å². The standard InChI is InChI=1S/C24H28N2O3S/c1-5-30(27,28)26(18-19-7-6-16-25-17-19)21-10-14-23(15-11-21)29-22-12-8-20(9-13-22)24(2,3)4/h6-17H,5,18H2,1-4H3. The van der Waals surface area contributed by atoms with Crippen LogP contribution in [0.25, 0.3) is 0 Å². The number of aromatic nitrogens is 1. The number of nitrogens with zero attached hydrogens (tertiary/aromatic N) is 2. The Morgan fingerprint density at radius 3 is 2.03 bits per heavy atom. The molecule has 0 radical (unpaired) electrons. The lowest BCUT2D eigenvalue weighted by molar-refractivity contribution is 0.481. The van der Waals surface area contributed by atoms with Crippen LogP contribution in [0.5, 0.6) is 11.5 Å². The van der Waals surface area contributed by atoms with Gasteiger partial charge in [-0.15, -0.1) is 0 Å². The van der Waals surface area contributed by atoms with E-state index < -0.39 is 10.0 Å². The second kappa shape index (κ2) is 8.88. The lowest BCUT2D eigenvalue weighted by Gasteiger charge is -2.24. The van der Waals surface area contributed by atoms with Crippen molar-refractivity contribution >= 4 is 15.7 Å². The summed E-state index contributed by atoms with van der Waals surface area (Å²) < 4.78 is 32.7. The summed E-state index contributed by atoms with van der Waals surface area (Å²) in [6.45, 7) is 8.39. The third-order valence-corrected chi connectivity index (χ3v) is 6.57. The molecule has 0 saturated heterocycles. The zero-order chi connectivity index (χ0) is 21.8. The molecule has 158 valence electrons. The zero-order valence-corrected chi connectivity index (χ0v) is 18.7. The maximum Gasteiger partial charge on any atom is 0.235 e. The number of rotatable bonds is 7. The molecule has 1 heterocycles. The fourth-order valence-electron chi connectivity index (χ4n) is 3.00. The van der Waals surface area contributed by atoms with Crippen molar-refractivity contribution in [3.63, 3.8) is 0 Å². The van der Waals surface area contributed by atoms with Gasteiger partial charge in [0, 0.05) is 12.4 Å². The summed E-state index contributed by atoms with van der Waals surface area (Å²) in [4.78, 5) is 4.08. The van der Waals surface area contributed by atoms with E-state index in [-0.39, 0.29) is 17.7 Å². The van der Waals surface area contributed by atoms with E-state index in [9.17, 15) is 8.42 Å². The molecule has 0 unspecified atom stereocenters. The highest BCUT2D eigenvalue weighted by molar-refractivity contribution is 7.92. The molecular formula is C24H28N2O3S. The van der Waals surface area contributed by atoms with E-state index in [2.05, 4.69) is 37.9 Å². The molecule has 30 heavy (non-hydrogen) atoms. The van der Waals surface area contributed by atoms with Crippen molar-refractivity contribution in [2.75, 3.05) is 10.1 Å². The summed E-state index contributed by atoms with van der Waals surface area (Å²) in [6.07, 6.45) is 3.35. The van der Waals surface area contributed by atoms with Gasteiger partial charge in [-0.05, 0) is 65.9 Å². The third kappa shape index (κ3) is 5.39. The van der Waals surface area contributed by atoms with E-state index in [4.69, 9.17) is 4.74 Å². The van der Waals surface area contributed by atoms with Gasteiger partial charge in [0.1, 0.15) is 11.5 Å². The van der Waals surface area contributed by atoms with E-state index in [1.165, 1.54) is 9.87 Å². The Morgan fingerprint density at radius 1 is 0.933 bits per heavy atom. The minimum Gasteiger partial charge on any atom is -0.457 e. The average Bonchev–Trinajstić information content (AvgIpc) is 2.73. The summed E-state index contributed by atoms with van der Waals surface area (Å²) in [5.74, 6) is 1.41. The largest absolute Gasteiger partial charge is 0.457 e. The van der Waals surface area contributed by atoms with Crippen LogP contribution in [0.1, 0.15) is 38.8 Å². The molecule has 3 aromatic rings. The maximum absolute atomic E-state index is 12.7. The van der Waals surface area contributed by atoms with Crippen LogP contribution in [0.3, 0.4) is 0 Å². The summed E-state index contributed by atoms with van der Waals surface area (Å²) in [5, 5.41) is 0. The number of hydrogen-bond donors (Lipinski definition) is 0. The van der Waals surface area contributed by atoms with E-state index in [0.29, 0.717) is 11.4 Å². The number of sulfonamides is 1. The lowest BCUT2D eigenvalue weighted by Crippen LogP contribution is -2.31. The number of ether oxygens (including phenoxy) is 1. The summed E-state index contributed by atoms with van der Waals surface area (Å²) in [6, 6.07) is 18.8. The van der Waals surface area contributed by atoms with E-state index in [0.717, 1.165) is 11.3 Å². The first kappa shape index (κ1) is 21.8. The molecule has 0 aliphatic heterocycles. The monoisotopic (exact) mass is 424 g/mol. The molecule has 0 spiro atoms. The summed E-state index contributed by atoms with van der Waals surface area (Å²) in [7, 11) is -3.44. The van der Waals surface area contributed by atoms with Crippen LogP contribution in [-0.4, -0.2) is 19.2 Å². The molecule has 0 bridgehead atoms. The Bertz CT molecular complexity index is 1060. The molecule has 0 fully saturated rings. The topological polar surface area (TPSA) is 59.5 Å². The van der Waals surface area contributed by atoms with Gasteiger partial charge in [0.2, 0.25) is 10.0 Å². The molecular weight excluding hydrogens is 396 g/mol. The Hall–Kier alpha value is -2.86. The predicted octanol–water partition coefficient (Wildman–Crippen LogP) is 5.53. The van der Waals surface area contributed by atoms with Crippen molar-refractivity contribution in [2.24, 2.45) is 0 Å². The van der Waals surface area contributed by atoms with Gasteiger partial charge in [0.15, 0.2) is 0 Å². The highest BCUT2D eigenvalue weighted by atomic mass is 32.2. The zero-order valence-electron chi connectivity index (χ0n) is 17.9. The normalized spacial score (nSPS) is 11.9. The average molecular weight is 425 g/mol. The molecule has 5 nitrogen and oxygen atoms in total. The molecule has 0 atom stereocenters. The fourth-order valence-corrected chi connectivity index (χ4v) is 4.10. The maximum atomic E-state index is 12.7. The van der Waals surface area contributed by atoms with Gasteiger partial charge in [0.25, 0.3) is 0 Å². The van der Waals surface area contributed by atoms with Gasteiger partial charge in [-0.25, -0.2) is 8.42 Å². The molecule has 0 aliphatic rings. The highest BCUT2D eigenvalue weighted by Crippen LogP contribution is 2.29. The molecule has 0 amide bonds. The van der Waals surface area contributed by atoms with Crippen molar-refractivity contribution in [3.05, 3.63) is 84.2 Å². The Morgan fingerprint density at radius 2 is 1.53 bits per heavy atom. The van der Waals surface area contributed by atoms with Gasteiger partial charge in [-0.2, -0.15) is 0 Å². The first-order valence-electron chi connectivity index (χ1n) is 9.97. The molecule has 0 N–H and O–H groups in total. The smallest absolute Gasteiger partial charge is 0.235 e. The van der Waals surface area contributed by atoms with Crippen LogP contribution in [0.2, 0.25) is 0 Å². The summed E-state index contributed by atoms with van der Waals surface area (Å²) >= 11 is 0. The quantitative estimate of drug-likeness (QED) is 0.500. The van der Waals surface area contributed by atoms with E-state index >= 15 is 0 Å². The molecule has 3 rings (SSSR count). The summed E-state index contributed by atoms with van der Waals surface area (Å²) in [5.41, 5.74) is 2.74. The van der Waals surface area contributed by atoms with Crippen LogP contribution in [0.4, 0.5) is 5.69 Å². The number of benzene rings is 2. The van der Waals surface area contributed by atoms with Crippen molar-refractivity contribution in [2.45, 2.75) is 39.7 Å². The minimum atomic E-state index is -3.44. The Labute approximate surface area is 179 Å². The first-order chi connectivity index (χ1) is 14.2. The Kier molecular flexibility index (Phi) is 6.46. The van der Waals surface area contributed by atoms with Gasteiger partial charge in [-0.3, -0.25) is 9.29 Å². The highest BCUT2D eigenvalue weighted by Gasteiger charge is 2.21. The van der Waals surface area contributed by atoms with Crippen molar-refractivity contribution in [1.29, 1.82) is 0 Å². The van der Waals surface area contributed by atoms with Crippen LogP contribution < -0.4 is 9.04 Å². The van der Waals surface area contributed by atoms with Gasteiger partial charge in [0.05, 0.1) is 18.0 Å².